The van der Waals surface area contributed by atoms with E-state index in [0.717, 1.165) is 11.1 Å². The fraction of sp³-hybridized carbons (Fsp3) is 0.333. The van der Waals surface area contributed by atoms with Crippen molar-refractivity contribution >= 4 is 0 Å². The molecule has 3 rings (SSSR count). The molecule has 0 heterocycles. The largest absolute Gasteiger partial charge is 0.392 e. The summed E-state index contributed by atoms with van der Waals surface area (Å²) in [6.07, 6.45) is 0. The lowest BCUT2D eigenvalue weighted by Gasteiger charge is -2.13. The Hall–Kier alpha value is -1.64. The molecule has 0 spiro atoms. The van der Waals surface area contributed by atoms with Gasteiger partial charge in [0, 0.05) is 5.41 Å². The predicted molar refractivity (Wildman–Crippen MR) is 79.8 cm³/mol. The van der Waals surface area contributed by atoms with Crippen molar-refractivity contribution in [3.63, 3.8) is 0 Å². The van der Waals surface area contributed by atoms with Crippen LogP contribution in [0.15, 0.2) is 30.3 Å². The standard InChI is InChI=1S/C18H20O2/c1-11-4-12(2)6-15(5-11)18(3)16-8-13(9-19)7-14(10-20)17(16)18/h4-8,19-20H,9-10H2,1-3H3. The highest BCUT2D eigenvalue weighted by atomic mass is 16.3. The van der Waals surface area contributed by atoms with Gasteiger partial charge in [0.25, 0.3) is 0 Å². The van der Waals surface area contributed by atoms with Crippen molar-refractivity contribution in [3.8, 4) is 0 Å². The zero-order chi connectivity index (χ0) is 14.5. The lowest BCUT2D eigenvalue weighted by atomic mass is 9.90. The van der Waals surface area contributed by atoms with Crippen LogP contribution in [0, 0.1) is 13.8 Å². The van der Waals surface area contributed by atoms with E-state index in [1.807, 2.05) is 6.07 Å². The van der Waals surface area contributed by atoms with E-state index in [1.54, 1.807) is 0 Å². The molecule has 1 aliphatic rings. The normalized spacial score (nSPS) is 19.9. The van der Waals surface area contributed by atoms with Crippen molar-refractivity contribution in [2.45, 2.75) is 39.4 Å². The molecule has 1 aliphatic carbocycles. The van der Waals surface area contributed by atoms with Crippen molar-refractivity contribution in [1.29, 1.82) is 0 Å². The molecule has 0 radical (unpaired) electrons. The van der Waals surface area contributed by atoms with Gasteiger partial charge in [-0.15, -0.1) is 0 Å². The summed E-state index contributed by atoms with van der Waals surface area (Å²) in [5.41, 5.74) is 7.95. The van der Waals surface area contributed by atoms with Crippen LogP contribution < -0.4 is 0 Å². The number of aliphatic hydroxyl groups is 2. The second-order valence-corrected chi connectivity index (χ2v) is 6.00. The van der Waals surface area contributed by atoms with Crippen molar-refractivity contribution in [1.82, 2.24) is 0 Å². The molecule has 2 aromatic carbocycles. The maximum absolute atomic E-state index is 9.58. The van der Waals surface area contributed by atoms with E-state index in [4.69, 9.17) is 0 Å². The first kappa shape index (κ1) is 13.3. The Labute approximate surface area is 119 Å². The van der Waals surface area contributed by atoms with Crippen molar-refractivity contribution in [3.05, 3.63) is 69.3 Å². The Balaban J connectivity index is 2.14. The summed E-state index contributed by atoms with van der Waals surface area (Å²) in [5, 5.41) is 18.9. The minimum absolute atomic E-state index is 0.0171. The third-order valence-corrected chi connectivity index (χ3v) is 4.41. The van der Waals surface area contributed by atoms with Crippen LogP contribution in [-0.2, 0) is 18.6 Å². The predicted octanol–water partition coefficient (Wildman–Crippen LogP) is 2.96. The first-order valence-electron chi connectivity index (χ1n) is 6.98. The fourth-order valence-electron chi connectivity index (χ4n) is 3.41. The van der Waals surface area contributed by atoms with Gasteiger partial charge in [-0.3, -0.25) is 0 Å². The summed E-state index contributed by atoms with van der Waals surface area (Å²) >= 11 is 0. The average Bonchev–Trinajstić information content (AvgIpc) is 3.04. The van der Waals surface area contributed by atoms with Crippen LogP contribution in [0.3, 0.4) is 0 Å². The maximum atomic E-state index is 9.58. The van der Waals surface area contributed by atoms with E-state index < -0.39 is 0 Å². The van der Waals surface area contributed by atoms with Gasteiger partial charge in [-0.05, 0) is 48.6 Å². The molecule has 0 bridgehead atoms. The Morgan fingerprint density at radius 3 is 2.10 bits per heavy atom. The van der Waals surface area contributed by atoms with Crippen molar-refractivity contribution in [2.75, 3.05) is 0 Å². The van der Waals surface area contributed by atoms with Gasteiger partial charge < -0.3 is 10.2 Å². The first-order chi connectivity index (χ1) is 9.50. The van der Waals surface area contributed by atoms with E-state index in [1.165, 1.54) is 27.8 Å². The molecule has 0 fully saturated rings. The molecule has 0 saturated carbocycles. The molecule has 0 aromatic heterocycles. The van der Waals surface area contributed by atoms with Gasteiger partial charge in [-0.25, -0.2) is 0 Å². The third-order valence-electron chi connectivity index (χ3n) is 4.41. The van der Waals surface area contributed by atoms with Crippen LogP contribution in [0.25, 0.3) is 0 Å². The molecular formula is C18H20O2. The molecular weight excluding hydrogens is 248 g/mol. The minimum atomic E-state index is -0.109. The maximum Gasteiger partial charge on any atom is 0.0685 e. The Morgan fingerprint density at radius 2 is 1.55 bits per heavy atom. The summed E-state index contributed by atoms with van der Waals surface area (Å²) in [6, 6.07) is 10.6. The topological polar surface area (TPSA) is 40.5 Å². The van der Waals surface area contributed by atoms with Crippen LogP contribution >= 0.6 is 0 Å². The molecule has 2 nitrogen and oxygen atoms in total. The molecule has 2 heteroatoms. The van der Waals surface area contributed by atoms with Gasteiger partial charge in [-0.1, -0.05) is 41.5 Å². The van der Waals surface area contributed by atoms with E-state index in [0.29, 0.717) is 0 Å². The van der Waals surface area contributed by atoms with Crippen LogP contribution in [0.2, 0.25) is 0 Å². The van der Waals surface area contributed by atoms with E-state index in [9.17, 15) is 10.2 Å². The van der Waals surface area contributed by atoms with Gasteiger partial charge in [0.1, 0.15) is 0 Å². The molecule has 104 valence electrons. The summed E-state index contributed by atoms with van der Waals surface area (Å²) in [4.78, 5) is 0. The van der Waals surface area contributed by atoms with E-state index in [2.05, 4.69) is 45.0 Å². The van der Waals surface area contributed by atoms with Crippen LogP contribution in [0.4, 0.5) is 0 Å². The number of aryl methyl sites for hydroxylation is 2. The molecule has 1 atom stereocenters. The molecule has 0 aliphatic heterocycles. The second-order valence-electron chi connectivity index (χ2n) is 6.00. The average molecular weight is 268 g/mol. The highest BCUT2D eigenvalue weighted by Gasteiger charge is 2.49. The summed E-state index contributed by atoms with van der Waals surface area (Å²) in [7, 11) is 0. The highest BCUT2D eigenvalue weighted by molar-refractivity contribution is 5.71. The van der Waals surface area contributed by atoms with Gasteiger partial charge in [0.2, 0.25) is 0 Å². The summed E-state index contributed by atoms with van der Waals surface area (Å²) < 4.78 is 0. The Morgan fingerprint density at radius 1 is 0.900 bits per heavy atom. The molecule has 20 heavy (non-hydrogen) atoms. The number of benzene rings is 2. The lowest BCUT2D eigenvalue weighted by molar-refractivity contribution is 0.275. The minimum Gasteiger partial charge on any atom is -0.392 e. The van der Waals surface area contributed by atoms with Gasteiger partial charge in [-0.2, -0.15) is 0 Å². The van der Waals surface area contributed by atoms with Crippen molar-refractivity contribution < 1.29 is 10.2 Å². The second kappa shape index (κ2) is 4.44. The molecule has 2 aromatic rings. The molecule has 1 unspecified atom stereocenters. The zero-order valence-corrected chi connectivity index (χ0v) is 12.2. The number of fused-ring (bicyclic) bond motifs is 1. The van der Waals surface area contributed by atoms with Crippen LogP contribution in [0.5, 0.6) is 0 Å². The Kier molecular flexibility index (Phi) is 2.96. The highest BCUT2D eigenvalue weighted by Crippen LogP contribution is 2.56. The smallest absolute Gasteiger partial charge is 0.0685 e. The summed E-state index contributed by atoms with van der Waals surface area (Å²) in [6.45, 7) is 6.46. The van der Waals surface area contributed by atoms with Gasteiger partial charge >= 0.3 is 0 Å². The number of hydrogen-bond donors (Lipinski definition) is 2. The number of hydrogen-bond acceptors (Lipinski definition) is 2. The first-order valence-corrected chi connectivity index (χ1v) is 6.98. The summed E-state index contributed by atoms with van der Waals surface area (Å²) in [5.74, 6) is 0. The van der Waals surface area contributed by atoms with Crippen LogP contribution in [-0.4, -0.2) is 10.2 Å². The lowest BCUT2D eigenvalue weighted by Crippen LogP contribution is -2.06. The third kappa shape index (κ3) is 1.80. The number of rotatable bonds is 3. The molecule has 0 saturated heterocycles. The van der Waals surface area contributed by atoms with Gasteiger partial charge in [0.15, 0.2) is 0 Å². The monoisotopic (exact) mass is 268 g/mol. The SMILES string of the molecule is Cc1cc(C)cc(C2(C)c3cc(CO)cc(CO)c32)c1. The molecule has 0 amide bonds. The van der Waals surface area contributed by atoms with Crippen LogP contribution in [0.1, 0.15) is 45.9 Å². The van der Waals surface area contributed by atoms with Gasteiger partial charge in [0.05, 0.1) is 13.2 Å². The van der Waals surface area contributed by atoms with E-state index >= 15 is 0 Å². The molecule has 2 N–H and O–H groups in total. The van der Waals surface area contributed by atoms with Crippen molar-refractivity contribution in [2.24, 2.45) is 0 Å². The van der Waals surface area contributed by atoms with E-state index in [-0.39, 0.29) is 18.6 Å². The quantitative estimate of drug-likeness (QED) is 0.898. The Bertz CT molecular complexity index is 668. The number of aliphatic hydroxyl groups excluding tert-OH is 2. The fourth-order valence-corrected chi connectivity index (χ4v) is 3.41. The zero-order valence-electron chi connectivity index (χ0n) is 12.2.